The first kappa shape index (κ1) is 16.4. The van der Waals surface area contributed by atoms with Crippen molar-refractivity contribution in [3.05, 3.63) is 34.9 Å². The van der Waals surface area contributed by atoms with E-state index in [2.05, 4.69) is 20.7 Å². The highest BCUT2D eigenvalue weighted by Crippen LogP contribution is 2.30. The predicted molar refractivity (Wildman–Crippen MR) is 64.3 cm³/mol. The van der Waals surface area contributed by atoms with Gasteiger partial charge in [0.15, 0.2) is 0 Å². The van der Waals surface area contributed by atoms with E-state index in [-0.39, 0.29) is 24.2 Å². The Labute approximate surface area is 115 Å². The standard InChI is InChI=1S/C12H12BrF5O/c1-7-4-8(11(15)5-10(7)14)9(13)2-3-19-6-12(16,17)18/h4-5,9H,2-3,6H2,1H3. The minimum atomic E-state index is -4.38. The number of hydrogen-bond donors (Lipinski definition) is 0. The molecule has 0 aliphatic rings. The maximum absolute atomic E-state index is 13.5. The minimum Gasteiger partial charge on any atom is -0.372 e. The second-order valence-corrected chi connectivity index (χ2v) is 5.15. The van der Waals surface area contributed by atoms with Crippen LogP contribution in [0.3, 0.4) is 0 Å². The van der Waals surface area contributed by atoms with Gasteiger partial charge in [0.05, 0.1) is 0 Å². The average Bonchev–Trinajstić information content (AvgIpc) is 2.28. The Morgan fingerprint density at radius 3 is 2.42 bits per heavy atom. The molecule has 1 aromatic rings. The first-order chi connectivity index (χ1) is 8.70. The Morgan fingerprint density at radius 1 is 1.21 bits per heavy atom. The van der Waals surface area contributed by atoms with Crippen LogP contribution in [0.15, 0.2) is 12.1 Å². The van der Waals surface area contributed by atoms with Crippen LogP contribution in [-0.4, -0.2) is 19.4 Å². The molecule has 108 valence electrons. The van der Waals surface area contributed by atoms with Gasteiger partial charge in [-0.05, 0) is 25.0 Å². The molecule has 0 aliphatic heterocycles. The summed E-state index contributed by atoms with van der Waals surface area (Å²) in [4.78, 5) is -0.528. The zero-order valence-corrected chi connectivity index (χ0v) is 11.6. The highest BCUT2D eigenvalue weighted by atomic mass is 79.9. The van der Waals surface area contributed by atoms with Crippen LogP contribution in [0.4, 0.5) is 22.0 Å². The third kappa shape index (κ3) is 5.44. The quantitative estimate of drug-likeness (QED) is 0.427. The second-order valence-electron chi connectivity index (χ2n) is 4.05. The number of alkyl halides is 4. The molecule has 1 nitrogen and oxygen atoms in total. The van der Waals surface area contributed by atoms with E-state index in [9.17, 15) is 22.0 Å². The Kier molecular flexibility index (Phi) is 5.73. The molecule has 1 atom stereocenters. The molecule has 0 spiro atoms. The van der Waals surface area contributed by atoms with Gasteiger partial charge in [0, 0.05) is 23.1 Å². The lowest BCUT2D eigenvalue weighted by Gasteiger charge is -2.13. The van der Waals surface area contributed by atoms with Crippen LogP contribution in [0.5, 0.6) is 0 Å². The van der Waals surface area contributed by atoms with Crippen molar-refractivity contribution in [2.45, 2.75) is 24.3 Å². The van der Waals surface area contributed by atoms with Crippen LogP contribution in [0.25, 0.3) is 0 Å². The van der Waals surface area contributed by atoms with Crippen molar-refractivity contribution in [1.29, 1.82) is 0 Å². The molecule has 0 fully saturated rings. The predicted octanol–water partition coefficient (Wildman–Crippen LogP) is 4.68. The average molecular weight is 347 g/mol. The number of halogens is 6. The van der Waals surface area contributed by atoms with Gasteiger partial charge in [-0.2, -0.15) is 13.2 Å². The lowest BCUT2D eigenvalue weighted by atomic mass is 10.1. The van der Waals surface area contributed by atoms with Gasteiger partial charge in [-0.3, -0.25) is 0 Å². The van der Waals surface area contributed by atoms with E-state index >= 15 is 0 Å². The van der Waals surface area contributed by atoms with Gasteiger partial charge in [0.1, 0.15) is 18.2 Å². The minimum absolute atomic E-state index is 0.151. The summed E-state index contributed by atoms with van der Waals surface area (Å²) in [6, 6.07) is 2.09. The van der Waals surface area contributed by atoms with Crippen molar-refractivity contribution in [2.75, 3.05) is 13.2 Å². The maximum atomic E-state index is 13.5. The number of aryl methyl sites for hydroxylation is 1. The van der Waals surface area contributed by atoms with E-state index in [4.69, 9.17) is 0 Å². The normalized spacial score (nSPS) is 13.6. The SMILES string of the molecule is Cc1cc(C(Br)CCOCC(F)(F)F)c(F)cc1F. The summed E-state index contributed by atoms with van der Waals surface area (Å²) in [6.07, 6.45) is -4.22. The molecule has 0 saturated carbocycles. The summed E-state index contributed by atoms with van der Waals surface area (Å²) >= 11 is 3.15. The van der Waals surface area contributed by atoms with Gasteiger partial charge in [-0.15, -0.1) is 0 Å². The van der Waals surface area contributed by atoms with E-state index in [1.165, 1.54) is 13.0 Å². The number of hydrogen-bond acceptors (Lipinski definition) is 1. The van der Waals surface area contributed by atoms with E-state index < -0.39 is 29.2 Å². The third-order valence-electron chi connectivity index (χ3n) is 2.40. The molecule has 0 N–H and O–H groups in total. The van der Waals surface area contributed by atoms with Crippen molar-refractivity contribution >= 4 is 15.9 Å². The summed E-state index contributed by atoms with van der Waals surface area (Å²) in [6.45, 7) is -0.0267. The van der Waals surface area contributed by atoms with E-state index in [0.717, 1.165) is 6.07 Å². The Bertz CT molecular complexity index is 433. The molecule has 1 aromatic carbocycles. The van der Waals surface area contributed by atoms with Crippen LogP contribution < -0.4 is 0 Å². The van der Waals surface area contributed by atoms with Crippen molar-refractivity contribution in [3.63, 3.8) is 0 Å². The highest BCUT2D eigenvalue weighted by molar-refractivity contribution is 9.09. The number of ether oxygens (including phenoxy) is 1. The Balaban J connectivity index is 2.54. The molecular formula is C12H12BrF5O. The van der Waals surface area contributed by atoms with Crippen molar-refractivity contribution in [2.24, 2.45) is 0 Å². The van der Waals surface area contributed by atoms with Crippen LogP contribution in [0, 0.1) is 18.6 Å². The van der Waals surface area contributed by atoms with Gasteiger partial charge in [-0.1, -0.05) is 15.9 Å². The number of rotatable bonds is 5. The molecule has 0 bridgehead atoms. The topological polar surface area (TPSA) is 9.23 Å². The Hall–Kier alpha value is -0.690. The van der Waals surface area contributed by atoms with Crippen molar-refractivity contribution in [3.8, 4) is 0 Å². The monoisotopic (exact) mass is 346 g/mol. The lowest BCUT2D eigenvalue weighted by Crippen LogP contribution is -2.17. The molecule has 1 unspecified atom stereocenters. The molecule has 0 heterocycles. The van der Waals surface area contributed by atoms with E-state index in [0.29, 0.717) is 0 Å². The van der Waals surface area contributed by atoms with Gasteiger partial charge in [-0.25, -0.2) is 8.78 Å². The zero-order chi connectivity index (χ0) is 14.6. The zero-order valence-electron chi connectivity index (χ0n) is 10.0. The number of benzene rings is 1. The summed E-state index contributed by atoms with van der Waals surface area (Å²) in [5.74, 6) is -1.39. The van der Waals surface area contributed by atoms with Gasteiger partial charge < -0.3 is 4.74 Å². The lowest BCUT2D eigenvalue weighted by molar-refractivity contribution is -0.174. The first-order valence-corrected chi connectivity index (χ1v) is 6.36. The smallest absolute Gasteiger partial charge is 0.372 e. The fourth-order valence-corrected chi connectivity index (χ4v) is 1.99. The molecule has 0 amide bonds. The fraction of sp³-hybridized carbons (Fsp3) is 0.500. The van der Waals surface area contributed by atoms with Crippen molar-refractivity contribution in [1.82, 2.24) is 0 Å². The molecule has 0 aliphatic carbocycles. The van der Waals surface area contributed by atoms with Crippen LogP contribution in [0.2, 0.25) is 0 Å². The first-order valence-electron chi connectivity index (χ1n) is 5.45. The molecule has 0 aromatic heterocycles. The summed E-state index contributed by atoms with van der Waals surface area (Å²) in [5.41, 5.74) is 0.478. The van der Waals surface area contributed by atoms with Gasteiger partial charge in [0.2, 0.25) is 0 Å². The molecule has 1 rings (SSSR count). The molecule has 0 radical (unpaired) electrons. The molecule has 0 saturated heterocycles. The Morgan fingerprint density at radius 2 is 1.84 bits per heavy atom. The highest BCUT2D eigenvalue weighted by Gasteiger charge is 2.27. The van der Waals surface area contributed by atoms with Crippen molar-refractivity contribution < 1.29 is 26.7 Å². The summed E-state index contributed by atoms with van der Waals surface area (Å²) < 4.78 is 66.5. The van der Waals surface area contributed by atoms with Crippen LogP contribution in [0.1, 0.15) is 22.4 Å². The molecular weight excluding hydrogens is 335 g/mol. The van der Waals surface area contributed by atoms with Crippen LogP contribution >= 0.6 is 15.9 Å². The van der Waals surface area contributed by atoms with Gasteiger partial charge >= 0.3 is 6.18 Å². The molecule has 7 heteroatoms. The van der Waals surface area contributed by atoms with Crippen LogP contribution in [-0.2, 0) is 4.74 Å². The second kappa shape index (κ2) is 6.65. The maximum Gasteiger partial charge on any atom is 0.411 e. The van der Waals surface area contributed by atoms with Gasteiger partial charge in [0.25, 0.3) is 0 Å². The molecule has 19 heavy (non-hydrogen) atoms. The van der Waals surface area contributed by atoms with E-state index in [1.807, 2.05) is 0 Å². The fourth-order valence-electron chi connectivity index (χ4n) is 1.45. The van der Waals surface area contributed by atoms with E-state index in [1.54, 1.807) is 0 Å². The third-order valence-corrected chi connectivity index (χ3v) is 3.35. The summed E-state index contributed by atoms with van der Waals surface area (Å²) in [7, 11) is 0. The largest absolute Gasteiger partial charge is 0.411 e. The summed E-state index contributed by atoms with van der Waals surface area (Å²) in [5, 5.41) is 0.